The third-order valence-corrected chi connectivity index (χ3v) is 5.53. The van der Waals surface area contributed by atoms with Crippen molar-refractivity contribution in [3.8, 4) is 0 Å². The van der Waals surface area contributed by atoms with Crippen molar-refractivity contribution < 1.29 is 8.42 Å². The molecule has 0 radical (unpaired) electrons. The smallest absolute Gasteiger partial charge is 0.250 e. The molecule has 0 aliphatic rings. The second-order valence-corrected chi connectivity index (χ2v) is 6.84. The van der Waals surface area contributed by atoms with Gasteiger partial charge in [-0.2, -0.15) is 4.31 Å². The molecule has 1 aromatic carbocycles. The number of benzene rings is 1. The Morgan fingerprint density at radius 2 is 1.64 bits per heavy atom. The van der Waals surface area contributed by atoms with Gasteiger partial charge in [-0.25, -0.2) is 8.42 Å². The predicted molar refractivity (Wildman–Crippen MR) is 86.4 cm³/mol. The van der Waals surface area contributed by atoms with E-state index in [0.29, 0.717) is 19.6 Å². The maximum absolute atomic E-state index is 12.5. The van der Waals surface area contributed by atoms with E-state index in [9.17, 15) is 13.2 Å². The van der Waals surface area contributed by atoms with Gasteiger partial charge in [-0.15, -0.1) is 0 Å². The van der Waals surface area contributed by atoms with Crippen molar-refractivity contribution in [3.05, 3.63) is 64.6 Å². The molecule has 0 spiro atoms. The number of nitrogens with zero attached hydrogens (tertiary/aromatic N) is 2. The van der Waals surface area contributed by atoms with Crippen LogP contribution in [0.5, 0.6) is 0 Å². The van der Waals surface area contributed by atoms with Crippen LogP contribution in [0, 0.1) is 0 Å². The molecule has 1 heterocycles. The average molecular weight is 320 g/mol. The quantitative estimate of drug-likeness (QED) is 0.817. The van der Waals surface area contributed by atoms with Crippen LogP contribution in [0.25, 0.3) is 0 Å². The van der Waals surface area contributed by atoms with Gasteiger partial charge >= 0.3 is 0 Å². The average Bonchev–Trinajstić information content (AvgIpc) is 2.51. The Hall–Kier alpha value is -1.92. The number of rotatable bonds is 6. The summed E-state index contributed by atoms with van der Waals surface area (Å²) in [4.78, 5) is 12.1. The summed E-state index contributed by atoms with van der Waals surface area (Å²) < 4.78 is 27.8. The van der Waals surface area contributed by atoms with Gasteiger partial charge in [-0.05, 0) is 11.6 Å². The van der Waals surface area contributed by atoms with Gasteiger partial charge in [0.15, 0.2) is 0 Å². The van der Waals surface area contributed by atoms with Gasteiger partial charge in [0.05, 0.1) is 11.4 Å². The highest BCUT2D eigenvalue weighted by atomic mass is 32.2. The van der Waals surface area contributed by atoms with E-state index in [1.165, 1.54) is 27.2 Å². The molecule has 0 amide bonds. The normalized spacial score (nSPS) is 11.8. The zero-order chi connectivity index (χ0) is 16.2. The van der Waals surface area contributed by atoms with E-state index < -0.39 is 10.0 Å². The van der Waals surface area contributed by atoms with Gasteiger partial charge in [0, 0.05) is 25.4 Å². The Balaban J connectivity index is 2.41. The van der Waals surface area contributed by atoms with Crippen molar-refractivity contribution in [3.63, 3.8) is 0 Å². The number of sulfonamides is 1. The van der Waals surface area contributed by atoms with Crippen LogP contribution in [0.3, 0.4) is 0 Å². The maximum atomic E-state index is 12.5. The number of hydrogen-bond acceptors (Lipinski definition) is 3. The maximum Gasteiger partial charge on any atom is 0.250 e. The number of aromatic nitrogens is 1. The van der Waals surface area contributed by atoms with Crippen LogP contribution >= 0.6 is 0 Å². The van der Waals surface area contributed by atoms with Gasteiger partial charge < -0.3 is 4.57 Å². The minimum absolute atomic E-state index is 0.145. The van der Waals surface area contributed by atoms with Crippen LogP contribution in [0.2, 0.25) is 0 Å². The zero-order valence-electron chi connectivity index (χ0n) is 12.8. The van der Waals surface area contributed by atoms with Crippen molar-refractivity contribution in [2.45, 2.75) is 25.3 Å². The molecule has 0 bridgehead atoms. The lowest BCUT2D eigenvalue weighted by Gasteiger charge is -2.19. The van der Waals surface area contributed by atoms with Crippen molar-refractivity contribution in [2.75, 3.05) is 13.1 Å². The molecule has 0 unspecified atom stereocenters. The second kappa shape index (κ2) is 6.89. The first kappa shape index (κ1) is 16.5. The third kappa shape index (κ3) is 3.45. The fourth-order valence-electron chi connectivity index (χ4n) is 2.28. The molecule has 0 saturated heterocycles. The lowest BCUT2D eigenvalue weighted by atomic mass is 10.2. The first-order valence-corrected chi connectivity index (χ1v) is 8.67. The van der Waals surface area contributed by atoms with E-state index in [1.54, 1.807) is 13.8 Å². The Bertz CT molecular complexity index is 779. The van der Waals surface area contributed by atoms with E-state index in [2.05, 4.69) is 0 Å². The van der Waals surface area contributed by atoms with Crippen LogP contribution < -0.4 is 5.56 Å². The zero-order valence-corrected chi connectivity index (χ0v) is 13.6. The van der Waals surface area contributed by atoms with Crippen molar-refractivity contribution in [1.82, 2.24) is 8.87 Å². The van der Waals surface area contributed by atoms with Gasteiger partial charge in [0.25, 0.3) is 5.56 Å². The molecule has 0 fully saturated rings. The third-order valence-electron chi connectivity index (χ3n) is 3.50. The molecule has 1 aromatic heterocycles. The Morgan fingerprint density at radius 3 is 2.23 bits per heavy atom. The highest BCUT2D eigenvalue weighted by molar-refractivity contribution is 7.89. The molecular weight excluding hydrogens is 300 g/mol. The Labute approximate surface area is 130 Å². The second-order valence-electron chi connectivity index (χ2n) is 4.91. The molecule has 2 aromatic rings. The molecule has 5 nitrogen and oxygen atoms in total. The van der Waals surface area contributed by atoms with Crippen LogP contribution in [0.4, 0.5) is 0 Å². The Kier molecular flexibility index (Phi) is 5.15. The summed E-state index contributed by atoms with van der Waals surface area (Å²) in [5.41, 5.74) is 0.726. The number of hydrogen-bond donors (Lipinski definition) is 0. The first-order chi connectivity index (χ1) is 10.5. The van der Waals surface area contributed by atoms with Crippen molar-refractivity contribution in [1.29, 1.82) is 0 Å². The monoisotopic (exact) mass is 320 g/mol. The summed E-state index contributed by atoms with van der Waals surface area (Å²) in [5, 5.41) is 0. The molecule has 2 rings (SSSR count). The molecule has 0 aliphatic heterocycles. The summed E-state index contributed by atoms with van der Waals surface area (Å²) >= 11 is 0. The highest BCUT2D eigenvalue weighted by Gasteiger charge is 2.22. The Morgan fingerprint density at radius 1 is 1.00 bits per heavy atom. The predicted octanol–water partition coefficient (Wildman–Crippen LogP) is 1.93. The molecular formula is C16H20N2O3S. The molecule has 22 heavy (non-hydrogen) atoms. The summed E-state index contributed by atoms with van der Waals surface area (Å²) in [6, 6.07) is 12.1. The minimum atomic E-state index is -3.56. The van der Waals surface area contributed by atoms with Gasteiger partial charge in [-0.3, -0.25) is 4.79 Å². The van der Waals surface area contributed by atoms with Gasteiger partial charge in [-0.1, -0.05) is 44.2 Å². The standard InChI is InChI=1S/C16H20N2O3S/c1-3-18(4-2)22(20,21)15-10-11-16(19)17(13-15)12-14-8-6-5-7-9-14/h5-11,13H,3-4,12H2,1-2H3. The van der Waals surface area contributed by atoms with Crippen LogP contribution in [-0.4, -0.2) is 30.4 Å². The summed E-state index contributed by atoms with van der Waals surface area (Å²) in [6.45, 7) is 4.73. The highest BCUT2D eigenvalue weighted by Crippen LogP contribution is 2.14. The van der Waals surface area contributed by atoms with E-state index in [1.807, 2.05) is 30.3 Å². The van der Waals surface area contributed by atoms with Crippen LogP contribution in [-0.2, 0) is 16.6 Å². The topological polar surface area (TPSA) is 59.4 Å². The fourth-order valence-corrected chi connectivity index (χ4v) is 3.76. The number of pyridine rings is 1. The molecule has 0 atom stereocenters. The van der Waals surface area contributed by atoms with Crippen LogP contribution in [0.15, 0.2) is 58.4 Å². The molecule has 0 saturated carbocycles. The van der Waals surface area contributed by atoms with Gasteiger partial charge in [0.2, 0.25) is 10.0 Å². The van der Waals surface area contributed by atoms with Gasteiger partial charge in [0.1, 0.15) is 0 Å². The molecule has 0 aliphatic carbocycles. The lowest BCUT2D eigenvalue weighted by Crippen LogP contribution is -2.32. The summed E-state index contributed by atoms with van der Waals surface area (Å²) in [6.07, 6.45) is 1.42. The summed E-state index contributed by atoms with van der Waals surface area (Å²) in [7, 11) is -3.56. The van der Waals surface area contributed by atoms with E-state index in [-0.39, 0.29) is 10.5 Å². The molecule has 0 N–H and O–H groups in total. The lowest BCUT2D eigenvalue weighted by molar-refractivity contribution is 0.444. The van der Waals surface area contributed by atoms with Crippen LogP contribution in [0.1, 0.15) is 19.4 Å². The molecule has 118 valence electrons. The molecule has 6 heteroatoms. The largest absolute Gasteiger partial charge is 0.310 e. The minimum Gasteiger partial charge on any atom is -0.310 e. The summed E-state index contributed by atoms with van der Waals surface area (Å²) in [5.74, 6) is 0. The van der Waals surface area contributed by atoms with Crippen molar-refractivity contribution in [2.24, 2.45) is 0 Å². The van der Waals surface area contributed by atoms with E-state index in [0.717, 1.165) is 5.56 Å². The van der Waals surface area contributed by atoms with E-state index in [4.69, 9.17) is 0 Å². The SMILES string of the molecule is CCN(CC)S(=O)(=O)c1ccc(=O)n(Cc2ccccc2)c1. The van der Waals surface area contributed by atoms with E-state index >= 15 is 0 Å². The first-order valence-electron chi connectivity index (χ1n) is 7.23. The fraction of sp³-hybridized carbons (Fsp3) is 0.312. The van der Waals surface area contributed by atoms with Crippen molar-refractivity contribution >= 4 is 10.0 Å².